The van der Waals surface area contributed by atoms with Crippen molar-refractivity contribution in [3.8, 4) is 5.75 Å². The van der Waals surface area contributed by atoms with Crippen LogP contribution in [0.2, 0.25) is 0 Å². The molecule has 1 aliphatic rings. The molecule has 1 N–H and O–H groups in total. The number of ether oxygens (including phenoxy) is 1. The Hall–Kier alpha value is -1.88. The first kappa shape index (κ1) is 16.0. The molecule has 0 unspecified atom stereocenters. The zero-order valence-electron chi connectivity index (χ0n) is 13.9. The standard InChI is InChI=1S/C18H22N2O2S/c1-11-8-12(2)17(13(3)9-11)22-10-16(21)20-18-19-14-6-4-5-7-15(14)23-18/h8-9H,4-7,10H2,1-3H3,(H,19,20,21). The van der Waals surface area contributed by atoms with Crippen LogP contribution in [0.1, 0.15) is 40.1 Å². The van der Waals surface area contributed by atoms with Gasteiger partial charge in [-0.1, -0.05) is 17.7 Å². The molecule has 0 fully saturated rings. The van der Waals surface area contributed by atoms with Gasteiger partial charge in [0, 0.05) is 4.88 Å². The monoisotopic (exact) mass is 330 g/mol. The molecule has 1 aromatic carbocycles. The Labute approximate surface area is 140 Å². The summed E-state index contributed by atoms with van der Waals surface area (Å²) < 4.78 is 5.72. The number of hydrogen-bond donors (Lipinski definition) is 1. The summed E-state index contributed by atoms with van der Waals surface area (Å²) in [5.74, 6) is 0.639. The highest BCUT2D eigenvalue weighted by Gasteiger charge is 2.16. The molecular weight excluding hydrogens is 308 g/mol. The number of hydrogen-bond acceptors (Lipinski definition) is 4. The minimum absolute atomic E-state index is 0.00892. The van der Waals surface area contributed by atoms with E-state index < -0.39 is 0 Å². The van der Waals surface area contributed by atoms with Crippen LogP contribution in [-0.2, 0) is 17.6 Å². The molecule has 1 heterocycles. The van der Waals surface area contributed by atoms with Crippen LogP contribution in [0.25, 0.3) is 0 Å². The lowest BCUT2D eigenvalue weighted by Crippen LogP contribution is -2.20. The van der Waals surface area contributed by atoms with Crippen molar-refractivity contribution in [3.63, 3.8) is 0 Å². The van der Waals surface area contributed by atoms with Crippen LogP contribution < -0.4 is 10.1 Å². The molecule has 0 bridgehead atoms. The Morgan fingerprint density at radius 2 is 1.91 bits per heavy atom. The normalized spacial score (nSPS) is 13.5. The van der Waals surface area contributed by atoms with E-state index in [-0.39, 0.29) is 12.5 Å². The molecule has 0 spiro atoms. The average molecular weight is 330 g/mol. The fourth-order valence-corrected chi connectivity index (χ4v) is 4.16. The second-order valence-corrected chi connectivity index (χ2v) is 7.24. The van der Waals surface area contributed by atoms with E-state index in [9.17, 15) is 4.79 Å². The molecule has 1 aromatic heterocycles. The minimum atomic E-state index is -0.157. The number of rotatable bonds is 4. The van der Waals surface area contributed by atoms with Crippen molar-refractivity contribution in [2.45, 2.75) is 46.5 Å². The number of anilines is 1. The lowest BCUT2D eigenvalue weighted by atomic mass is 10.0. The highest BCUT2D eigenvalue weighted by atomic mass is 32.1. The predicted molar refractivity (Wildman–Crippen MR) is 93.5 cm³/mol. The van der Waals surface area contributed by atoms with E-state index in [4.69, 9.17) is 4.74 Å². The van der Waals surface area contributed by atoms with Crippen molar-refractivity contribution in [3.05, 3.63) is 39.4 Å². The lowest BCUT2D eigenvalue weighted by molar-refractivity contribution is -0.118. The molecule has 5 heteroatoms. The molecule has 3 rings (SSSR count). The van der Waals surface area contributed by atoms with Crippen LogP contribution in [0.15, 0.2) is 12.1 Å². The lowest BCUT2D eigenvalue weighted by Gasteiger charge is -2.12. The number of amides is 1. The topological polar surface area (TPSA) is 51.2 Å². The molecular formula is C18H22N2O2S. The van der Waals surface area contributed by atoms with Crippen molar-refractivity contribution < 1.29 is 9.53 Å². The molecule has 0 saturated carbocycles. The molecule has 122 valence electrons. The molecule has 0 atom stereocenters. The van der Waals surface area contributed by atoms with Crippen LogP contribution in [0.3, 0.4) is 0 Å². The SMILES string of the molecule is Cc1cc(C)c(OCC(=O)Nc2nc3c(s2)CCCC3)c(C)c1. The van der Waals surface area contributed by atoms with E-state index in [2.05, 4.69) is 29.4 Å². The fourth-order valence-electron chi connectivity index (χ4n) is 3.09. The molecule has 1 aliphatic carbocycles. The van der Waals surface area contributed by atoms with Gasteiger partial charge in [-0.3, -0.25) is 10.1 Å². The Bertz CT molecular complexity index is 690. The Morgan fingerprint density at radius 3 is 2.61 bits per heavy atom. The molecule has 0 aliphatic heterocycles. The fraction of sp³-hybridized carbons (Fsp3) is 0.444. The number of carbonyl (C=O) groups excluding carboxylic acids is 1. The number of nitrogens with zero attached hydrogens (tertiary/aromatic N) is 1. The summed E-state index contributed by atoms with van der Waals surface area (Å²) in [6.07, 6.45) is 4.53. The number of aryl methyl sites for hydroxylation is 5. The number of benzene rings is 1. The first-order chi connectivity index (χ1) is 11.0. The van der Waals surface area contributed by atoms with Crippen molar-refractivity contribution in [2.75, 3.05) is 11.9 Å². The van der Waals surface area contributed by atoms with Gasteiger partial charge >= 0.3 is 0 Å². The van der Waals surface area contributed by atoms with Gasteiger partial charge in [-0.05, 0) is 57.6 Å². The third-order valence-electron chi connectivity index (χ3n) is 4.04. The molecule has 1 amide bonds. The first-order valence-electron chi connectivity index (χ1n) is 8.02. The van der Waals surface area contributed by atoms with Gasteiger partial charge in [0.2, 0.25) is 0 Å². The highest BCUT2D eigenvalue weighted by Crippen LogP contribution is 2.29. The third kappa shape index (κ3) is 3.72. The van der Waals surface area contributed by atoms with Crippen LogP contribution in [-0.4, -0.2) is 17.5 Å². The average Bonchev–Trinajstić information content (AvgIpc) is 2.88. The minimum Gasteiger partial charge on any atom is -0.483 e. The summed E-state index contributed by atoms with van der Waals surface area (Å²) in [7, 11) is 0. The van der Waals surface area contributed by atoms with Crippen molar-refractivity contribution in [1.29, 1.82) is 0 Å². The van der Waals surface area contributed by atoms with Crippen LogP contribution in [0.5, 0.6) is 5.75 Å². The zero-order valence-corrected chi connectivity index (χ0v) is 14.7. The zero-order chi connectivity index (χ0) is 16.4. The van der Waals surface area contributed by atoms with Crippen molar-refractivity contribution in [1.82, 2.24) is 4.98 Å². The van der Waals surface area contributed by atoms with E-state index in [1.54, 1.807) is 11.3 Å². The van der Waals surface area contributed by atoms with Gasteiger partial charge in [0.05, 0.1) is 5.69 Å². The van der Waals surface area contributed by atoms with Gasteiger partial charge in [0.25, 0.3) is 5.91 Å². The van der Waals surface area contributed by atoms with Crippen LogP contribution >= 0.6 is 11.3 Å². The van der Waals surface area contributed by atoms with Crippen LogP contribution in [0.4, 0.5) is 5.13 Å². The van der Waals surface area contributed by atoms with Crippen LogP contribution in [0, 0.1) is 20.8 Å². The molecule has 4 nitrogen and oxygen atoms in total. The van der Waals surface area contributed by atoms with Crippen molar-refractivity contribution >= 4 is 22.4 Å². The Morgan fingerprint density at radius 1 is 1.22 bits per heavy atom. The third-order valence-corrected chi connectivity index (χ3v) is 5.12. The van der Waals surface area contributed by atoms with Gasteiger partial charge in [-0.2, -0.15) is 0 Å². The maximum atomic E-state index is 12.1. The Balaban J connectivity index is 1.61. The maximum Gasteiger partial charge on any atom is 0.264 e. The van der Waals surface area contributed by atoms with E-state index in [1.165, 1.54) is 23.3 Å². The van der Waals surface area contributed by atoms with Gasteiger partial charge in [0.15, 0.2) is 11.7 Å². The number of aromatic nitrogens is 1. The number of thiazole rings is 1. The van der Waals surface area contributed by atoms with Crippen molar-refractivity contribution in [2.24, 2.45) is 0 Å². The summed E-state index contributed by atoms with van der Waals surface area (Å²) in [5.41, 5.74) is 4.47. The predicted octanol–water partition coefficient (Wildman–Crippen LogP) is 3.96. The van der Waals surface area contributed by atoms with E-state index in [0.717, 1.165) is 35.4 Å². The highest BCUT2D eigenvalue weighted by molar-refractivity contribution is 7.15. The summed E-state index contributed by atoms with van der Waals surface area (Å²) >= 11 is 1.59. The molecule has 23 heavy (non-hydrogen) atoms. The first-order valence-corrected chi connectivity index (χ1v) is 8.83. The van der Waals surface area contributed by atoms with E-state index in [0.29, 0.717) is 5.13 Å². The number of fused-ring (bicyclic) bond motifs is 1. The van der Waals surface area contributed by atoms with E-state index >= 15 is 0 Å². The quantitative estimate of drug-likeness (QED) is 0.923. The largest absolute Gasteiger partial charge is 0.483 e. The summed E-state index contributed by atoms with van der Waals surface area (Å²) in [4.78, 5) is 18.0. The molecule has 2 aromatic rings. The number of carbonyl (C=O) groups is 1. The summed E-state index contributed by atoms with van der Waals surface area (Å²) in [6, 6.07) is 4.13. The van der Waals surface area contributed by atoms with Gasteiger partial charge in [-0.15, -0.1) is 11.3 Å². The second kappa shape index (κ2) is 6.71. The van der Waals surface area contributed by atoms with Gasteiger partial charge in [-0.25, -0.2) is 4.98 Å². The summed E-state index contributed by atoms with van der Waals surface area (Å²) in [6.45, 7) is 6.07. The molecule has 0 radical (unpaired) electrons. The van der Waals surface area contributed by atoms with Gasteiger partial charge in [0.1, 0.15) is 5.75 Å². The van der Waals surface area contributed by atoms with E-state index in [1.807, 2.05) is 13.8 Å². The summed E-state index contributed by atoms with van der Waals surface area (Å²) in [5, 5.41) is 3.56. The second-order valence-electron chi connectivity index (χ2n) is 6.16. The molecule has 0 saturated heterocycles. The maximum absolute atomic E-state index is 12.1. The van der Waals surface area contributed by atoms with Gasteiger partial charge < -0.3 is 4.74 Å². The number of nitrogens with one attached hydrogen (secondary N) is 1. The Kier molecular flexibility index (Phi) is 4.66. The smallest absolute Gasteiger partial charge is 0.264 e.